The first-order chi connectivity index (χ1) is 8.26. The summed E-state index contributed by atoms with van der Waals surface area (Å²) in [5.41, 5.74) is 8.65. The SMILES string of the molecule is CC(C)(NC(=O)C1(C(N)=NO)CCCC1)C(N)=O. The standard InChI is InChI=1S/C11H20N4O3/c1-10(2,8(13)16)14-9(17)11(7(12)15-18)5-3-4-6-11/h18H,3-6H2,1-2H3,(H2,12,15)(H2,13,16)(H,14,17). The summed E-state index contributed by atoms with van der Waals surface area (Å²) in [5.74, 6) is -1.17. The molecule has 1 aliphatic rings. The van der Waals surface area contributed by atoms with Crippen LogP contribution in [0.3, 0.4) is 0 Å². The molecule has 0 unspecified atom stereocenters. The molecule has 1 saturated carbocycles. The number of amidine groups is 1. The Labute approximate surface area is 106 Å². The van der Waals surface area contributed by atoms with Crippen molar-refractivity contribution in [3.63, 3.8) is 0 Å². The molecule has 0 aromatic carbocycles. The van der Waals surface area contributed by atoms with E-state index in [-0.39, 0.29) is 5.84 Å². The Balaban J connectivity index is 2.96. The number of primary amides is 1. The van der Waals surface area contributed by atoms with Crippen molar-refractivity contribution >= 4 is 17.6 Å². The van der Waals surface area contributed by atoms with E-state index in [2.05, 4.69) is 10.5 Å². The van der Waals surface area contributed by atoms with Crippen molar-refractivity contribution < 1.29 is 14.8 Å². The lowest BCUT2D eigenvalue weighted by Crippen LogP contribution is -2.59. The van der Waals surface area contributed by atoms with Crippen LogP contribution in [0.1, 0.15) is 39.5 Å². The average molecular weight is 256 g/mol. The smallest absolute Gasteiger partial charge is 0.242 e. The largest absolute Gasteiger partial charge is 0.409 e. The van der Waals surface area contributed by atoms with Crippen LogP contribution in [0.2, 0.25) is 0 Å². The first-order valence-electron chi connectivity index (χ1n) is 5.87. The van der Waals surface area contributed by atoms with Gasteiger partial charge in [-0.15, -0.1) is 0 Å². The van der Waals surface area contributed by atoms with Crippen molar-refractivity contribution in [3.8, 4) is 0 Å². The van der Waals surface area contributed by atoms with Crippen LogP contribution in [-0.4, -0.2) is 28.4 Å². The van der Waals surface area contributed by atoms with Crippen molar-refractivity contribution in [1.29, 1.82) is 0 Å². The van der Waals surface area contributed by atoms with Gasteiger partial charge in [0, 0.05) is 0 Å². The number of nitrogens with two attached hydrogens (primary N) is 2. The van der Waals surface area contributed by atoms with E-state index in [0.29, 0.717) is 12.8 Å². The Bertz CT molecular complexity index is 384. The molecule has 0 heterocycles. The molecule has 7 heteroatoms. The zero-order valence-electron chi connectivity index (χ0n) is 10.7. The van der Waals surface area contributed by atoms with Crippen molar-refractivity contribution in [3.05, 3.63) is 0 Å². The van der Waals surface area contributed by atoms with Gasteiger partial charge in [0.25, 0.3) is 0 Å². The first-order valence-corrected chi connectivity index (χ1v) is 5.87. The molecule has 7 nitrogen and oxygen atoms in total. The summed E-state index contributed by atoms with van der Waals surface area (Å²) in [6, 6.07) is 0. The van der Waals surface area contributed by atoms with Gasteiger partial charge in [0.2, 0.25) is 11.8 Å². The Morgan fingerprint density at radius 2 is 1.78 bits per heavy atom. The molecule has 102 valence electrons. The molecular weight excluding hydrogens is 236 g/mol. The van der Waals surface area contributed by atoms with Crippen LogP contribution in [0, 0.1) is 5.41 Å². The number of hydrogen-bond acceptors (Lipinski definition) is 4. The molecule has 6 N–H and O–H groups in total. The number of carbonyl (C=O) groups excluding carboxylic acids is 2. The van der Waals surface area contributed by atoms with Crippen LogP contribution in [0.4, 0.5) is 0 Å². The van der Waals surface area contributed by atoms with E-state index in [1.165, 1.54) is 13.8 Å². The molecule has 2 amide bonds. The Morgan fingerprint density at radius 1 is 1.28 bits per heavy atom. The lowest BCUT2D eigenvalue weighted by atomic mass is 9.83. The first kappa shape index (κ1) is 14.3. The quantitative estimate of drug-likeness (QED) is 0.237. The fourth-order valence-electron chi connectivity index (χ4n) is 2.14. The molecular formula is C11H20N4O3. The lowest BCUT2D eigenvalue weighted by Gasteiger charge is -2.31. The summed E-state index contributed by atoms with van der Waals surface area (Å²) in [6.45, 7) is 3.03. The van der Waals surface area contributed by atoms with Gasteiger partial charge in [-0.25, -0.2) is 0 Å². The van der Waals surface area contributed by atoms with E-state index in [4.69, 9.17) is 16.7 Å². The van der Waals surface area contributed by atoms with Crippen LogP contribution in [0.5, 0.6) is 0 Å². The van der Waals surface area contributed by atoms with Gasteiger partial charge >= 0.3 is 0 Å². The molecule has 0 aromatic rings. The monoisotopic (exact) mass is 256 g/mol. The minimum atomic E-state index is -1.16. The van der Waals surface area contributed by atoms with E-state index in [1.54, 1.807) is 0 Å². The summed E-state index contributed by atoms with van der Waals surface area (Å²) in [7, 11) is 0. The third-order valence-electron chi connectivity index (χ3n) is 3.53. The number of nitrogens with zero attached hydrogens (tertiary/aromatic N) is 1. The Morgan fingerprint density at radius 3 is 2.17 bits per heavy atom. The molecule has 1 fully saturated rings. The minimum Gasteiger partial charge on any atom is -0.409 e. The highest BCUT2D eigenvalue weighted by Gasteiger charge is 2.47. The number of hydrogen-bond donors (Lipinski definition) is 4. The molecule has 18 heavy (non-hydrogen) atoms. The van der Waals surface area contributed by atoms with Gasteiger partial charge in [-0.05, 0) is 26.7 Å². The van der Waals surface area contributed by atoms with E-state index in [9.17, 15) is 9.59 Å². The van der Waals surface area contributed by atoms with Gasteiger partial charge in [0.05, 0.1) is 0 Å². The molecule has 1 rings (SSSR count). The van der Waals surface area contributed by atoms with E-state index in [1.807, 2.05) is 0 Å². The highest BCUT2D eigenvalue weighted by molar-refractivity contribution is 6.08. The van der Waals surface area contributed by atoms with Crippen LogP contribution < -0.4 is 16.8 Å². The normalized spacial score (nSPS) is 19.6. The molecule has 0 atom stereocenters. The summed E-state index contributed by atoms with van der Waals surface area (Å²) in [4.78, 5) is 23.5. The minimum absolute atomic E-state index is 0.113. The molecule has 0 aromatic heterocycles. The highest BCUT2D eigenvalue weighted by atomic mass is 16.4. The second kappa shape index (κ2) is 4.83. The fourth-order valence-corrected chi connectivity index (χ4v) is 2.14. The van der Waals surface area contributed by atoms with E-state index < -0.39 is 22.8 Å². The summed E-state index contributed by atoms with van der Waals surface area (Å²) < 4.78 is 0. The topological polar surface area (TPSA) is 131 Å². The van der Waals surface area contributed by atoms with Crippen LogP contribution >= 0.6 is 0 Å². The zero-order chi connectivity index (χ0) is 14.0. The highest BCUT2D eigenvalue weighted by Crippen LogP contribution is 2.39. The summed E-state index contributed by atoms with van der Waals surface area (Å²) in [5, 5.41) is 14.3. The summed E-state index contributed by atoms with van der Waals surface area (Å²) >= 11 is 0. The summed E-state index contributed by atoms with van der Waals surface area (Å²) in [6.07, 6.45) is 2.65. The lowest BCUT2D eigenvalue weighted by molar-refractivity contribution is -0.134. The second-order valence-corrected chi connectivity index (χ2v) is 5.22. The third kappa shape index (κ3) is 2.39. The number of amides is 2. The van der Waals surface area contributed by atoms with Crippen LogP contribution in [-0.2, 0) is 9.59 Å². The molecule has 0 radical (unpaired) electrons. The van der Waals surface area contributed by atoms with E-state index >= 15 is 0 Å². The fraction of sp³-hybridized carbons (Fsp3) is 0.727. The molecule has 0 bridgehead atoms. The van der Waals surface area contributed by atoms with Crippen molar-refractivity contribution in [2.75, 3.05) is 0 Å². The number of oxime groups is 1. The second-order valence-electron chi connectivity index (χ2n) is 5.22. The van der Waals surface area contributed by atoms with E-state index in [0.717, 1.165) is 12.8 Å². The maximum absolute atomic E-state index is 12.3. The molecule has 0 aliphatic heterocycles. The zero-order valence-corrected chi connectivity index (χ0v) is 10.7. The molecule has 0 saturated heterocycles. The average Bonchev–Trinajstić information content (AvgIpc) is 2.77. The third-order valence-corrected chi connectivity index (χ3v) is 3.53. The number of carbonyl (C=O) groups is 2. The predicted molar refractivity (Wildman–Crippen MR) is 65.7 cm³/mol. The molecule has 1 aliphatic carbocycles. The van der Waals surface area contributed by atoms with Gasteiger partial charge in [0.1, 0.15) is 11.0 Å². The molecule has 0 spiro atoms. The van der Waals surface area contributed by atoms with Crippen LogP contribution in [0.25, 0.3) is 0 Å². The van der Waals surface area contributed by atoms with Crippen molar-refractivity contribution in [2.45, 2.75) is 45.1 Å². The van der Waals surface area contributed by atoms with Crippen LogP contribution in [0.15, 0.2) is 5.16 Å². The predicted octanol–water partition coefficient (Wildman–Crippen LogP) is -0.327. The van der Waals surface area contributed by atoms with Crippen molar-refractivity contribution in [2.24, 2.45) is 22.0 Å². The Hall–Kier alpha value is -1.79. The Kier molecular flexibility index (Phi) is 3.83. The van der Waals surface area contributed by atoms with Gasteiger partial charge in [-0.2, -0.15) is 0 Å². The van der Waals surface area contributed by atoms with Gasteiger partial charge < -0.3 is 22.0 Å². The van der Waals surface area contributed by atoms with Gasteiger partial charge in [-0.3, -0.25) is 9.59 Å². The maximum Gasteiger partial charge on any atom is 0.242 e. The maximum atomic E-state index is 12.3. The number of rotatable bonds is 4. The van der Waals surface area contributed by atoms with Gasteiger partial charge in [-0.1, -0.05) is 18.0 Å². The van der Waals surface area contributed by atoms with Gasteiger partial charge in [0.15, 0.2) is 5.84 Å². The number of nitrogens with one attached hydrogen (secondary N) is 1. The van der Waals surface area contributed by atoms with Crippen molar-refractivity contribution in [1.82, 2.24) is 5.32 Å².